The average Bonchev–Trinajstić information content (AvgIpc) is 3.43. The predicted octanol–water partition coefficient (Wildman–Crippen LogP) is 2.40. The summed E-state index contributed by atoms with van der Waals surface area (Å²) in [7, 11) is 1.49. The lowest BCUT2D eigenvalue weighted by Crippen LogP contribution is -2.55. The van der Waals surface area contributed by atoms with Crippen molar-refractivity contribution in [2.24, 2.45) is 0 Å². The lowest BCUT2D eigenvalue weighted by molar-refractivity contribution is -0.186. The van der Waals surface area contributed by atoms with Gasteiger partial charge in [-0.25, -0.2) is 14.6 Å². The number of hydrogen-bond donors (Lipinski definition) is 2. The van der Waals surface area contributed by atoms with E-state index >= 15 is 0 Å². The van der Waals surface area contributed by atoms with Crippen LogP contribution in [0.15, 0.2) is 28.7 Å². The molecule has 1 aliphatic rings. The van der Waals surface area contributed by atoms with Crippen LogP contribution < -0.4 is 0 Å². The van der Waals surface area contributed by atoms with Crippen LogP contribution in [0, 0.1) is 11.3 Å². The first-order valence-corrected chi connectivity index (χ1v) is 11.7. The second kappa shape index (κ2) is 9.98. The zero-order valence-corrected chi connectivity index (χ0v) is 19.5. The highest BCUT2D eigenvalue weighted by molar-refractivity contribution is 7.99. The van der Waals surface area contributed by atoms with Crippen molar-refractivity contribution in [3.8, 4) is 16.8 Å². The van der Waals surface area contributed by atoms with E-state index in [1.165, 1.54) is 41.1 Å². The number of ether oxygens (including phenoxy) is 2. The summed E-state index contributed by atoms with van der Waals surface area (Å²) in [6.07, 6.45) is 0.434. The quantitative estimate of drug-likeness (QED) is 0.503. The van der Waals surface area contributed by atoms with Gasteiger partial charge in [0.15, 0.2) is 5.69 Å². The second-order valence-corrected chi connectivity index (χ2v) is 9.52. The van der Waals surface area contributed by atoms with E-state index in [4.69, 9.17) is 37.9 Å². The van der Waals surface area contributed by atoms with Gasteiger partial charge < -0.3 is 19.7 Å². The molecule has 2 unspecified atom stereocenters. The Morgan fingerprint density at radius 1 is 1.44 bits per heavy atom. The van der Waals surface area contributed by atoms with Crippen molar-refractivity contribution < 1.29 is 19.7 Å². The van der Waals surface area contributed by atoms with Gasteiger partial charge in [0.1, 0.15) is 51.7 Å². The highest BCUT2D eigenvalue weighted by Gasteiger charge is 2.47. The lowest BCUT2D eigenvalue weighted by Gasteiger charge is -2.43. The Balaban J connectivity index is 1.64. The van der Waals surface area contributed by atoms with Crippen LogP contribution in [0.2, 0.25) is 10.2 Å². The molecule has 4 rings (SSSR count). The molecule has 32 heavy (non-hydrogen) atoms. The molecule has 0 spiro atoms. The van der Waals surface area contributed by atoms with Crippen LogP contribution in [0.25, 0.3) is 10.7 Å². The van der Waals surface area contributed by atoms with Crippen LogP contribution in [0.3, 0.4) is 0 Å². The third-order valence-electron chi connectivity index (χ3n) is 4.78. The molecule has 1 aliphatic heterocycles. The van der Waals surface area contributed by atoms with E-state index in [0.717, 1.165) is 0 Å². The molecule has 4 heterocycles. The van der Waals surface area contributed by atoms with E-state index in [2.05, 4.69) is 20.3 Å². The zero-order valence-electron chi connectivity index (χ0n) is 16.4. The number of rotatable bonds is 6. The highest BCUT2D eigenvalue weighted by Crippen LogP contribution is 2.40. The fourth-order valence-corrected chi connectivity index (χ4v) is 5.64. The van der Waals surface area contributed by atoms with Gasteiger partial charge in [-0.05, 0) is 6.07 Å². The van der Waals surface area contributed by atoms with E-state index in [1.807, 2.05) is 6.07 Å². The molecule has 3 aromatic heterocycles. The molecule has 0 amide bonds. The van der Waals surface area contributed by atoms with Crippen LogP contribution >= 0.6 is 46.3 Å². The van der Waals surface area contributed by atoms with E-state index in [9.17, 15) is 10.2 Å². The number of thioether (sulfide) groups is 1. The van der Waals surface area contributed by atoms with Crippen molar-refractivity contribution in [1.82, 2.24) is 25.0 Å². The number of aliphatic hydroxyl groups excluding tert-OH is 2. The topological polar surface area (TPSA) is 139 Å². The number of nitrogens with zero attached hydrogens (tertiary/aromatic N) is 6. The van der Waals surface area contributed by atoms with E-state index in [1.54, 1.807) is 17.6 Å². The maximum atomic E-state index is 10.9. The van der Waals surface area contributed by atoms with Crippen LogP contribution in [0.5, 0.6) is 0 Å². The van der Waals surface area contributed by atoms with Crippen molar-refractivity contribution in [3.05, 3.63) is 39.7 Å². The first-order chi connectivity index (χ1) is 15.4. The standard InChI is InChI=1S/C18H16Cl2N6O4S2/c1-29-16-14(26-5-11(24-25-26)17-23-13(20)7-31-17)15(28)12(6-27)30-18(16)32-8-2-9(19)10(3-21)22-4-8/h2,4-5,7,12,14-16,18,27-28H,6H2,1H3/t12?,14-,15-,16?,18+/m0/s1. The molecule has 10 nitrogen and oxygen atoms in total. The molecule has 1 fully saturated rings. The van der Waals surface area contributed by atoms with Gasteiger partial charge in [0.2, 0.25) is 0 Å². The Morgan fingerprint density at radius 2 is 2.25 bits per heavy atom. The van der Waals surface area contributed by atoms with Gasteiger partial charge in [-0.1, -0.05) is 40.2 Å². The van der Waals surface area contributed by atoms with Gasteiger partial charge in [-0.15, -0.1) is 16.4 Å². The summed E-state index contributed by atoms with van der Waals surface area (Å²) in [5.74, 6) is 0. The summed E-state index contributed by atoms with van der Waals surface area (Å²) in [5, 5.41) is 40.8. The number of hydrogen-bond acceptors (Lipinski definition) is 11. The third-order valence-corrected chi connectivity index (χ3v) is 7.36. The molecule has 0 radical (unpaired) electrons. The summed E-state index contributed by atoms with van der Waals surface area (Å²) in [6, 6.07) is 2.79. The summed E-state index contributed by atoms with van der Waals surface area (Å²) in [5.41, 5.74) is -0.0515. The smallest absolute Gasteiger partial charge is 0.159 e. The molecule has 0 aromatic carbocycles. The number of aromatic nitrogens is 5. The minimum atomic E-state index is -1.13. The van der Waals surface area contributed by atoms with E-state index < -0.39 is 36.4 Å². The molecule has 0 aliphatic carbocycles. The number of thiazole rings is 1. The molecule has 168 valence electrons. The molecular weight excluding hydrogens is 499 g/mol. The Bertz CT molecular complexity index is 1140. The summed E-state index contributed by atoms with van der Waals surface area (Å²) < 4.78 is 13.1. The normalized spacial score (nSPS) is 25.6. The summed E-state index contributed by atoms with van der Waals surface area (Å²) in [4.78, 5) is 8.84. The van der Waals surface area contributed by atoms with Gasteiger partial charge in [0, 0.05) is 23.6 Å². The highest BCUT2D eigenvalue weighted by atomic mass is 35.5. The Kier molecular flexibility index (Phi) is 7.28. The molecular formula is C18H16Cl2N6O4S2. The number of methoxy groups -OCH3 is 1. The third kappa shape index (κ3) is 4.61. The SMILES string of the molecule is COC1[C@@H](Sc2cnc(C#N)c(Cl)c2)OC(CO)[C@H](O)[C@@H]1n1cc(-c2nc(Cl)cs2)nn1. The lowest BCUT2D eigenvalue weighted by atomic mass is 9.97. The monoisotopic (exact) mass is 514 g/mol. The Hall–Kier alpha value is -1.82. The van der Waals surface area contributed by atoms with E-state index in [0.29, 0.717) is 20.8 Å². The van der Waals surface area contributed by atoms with Gasteiger partial charge in [-0.2, -0.15) is 5.26 Å². The fourth-order valence-electron chi connectivity index (χ4n) is 3.30. The number of pyridine rings is 1. The predicted molar refractivity (Wildman–Crippen MR) is 118 cm³/mol. The van der Waals surface area contributed by atoms with Crippen molar-refractivity contribution in [2.75, 3.05) is 13.7 Å². The van der Waals surface area contributed by atoms with Crippen molar-refractivity contribution >= 4 is 46.3 Å². The number of nitriles is 1. The van der Waals surface area contributed by atoms with Crippen molar-refractivity contribution in [3.63, 3.8) is 0 Å². The summed E-state index contributed by atoms with van der Waals surface area (Å²) in [6.45, 7) is -0.415. The van der Waals surface area contributed by atoms with Crippen molar-refractivity contribution in [2.45, 2.75) is 34.7 Å². The van der Waals surface area contributed by atoms with Gasteiger partial charge in [-0.3, -0.25) is 0 Å². The number of aliphatic hydroxyl groups is 2. The zero-order chi connectivity index (χ0) is 22.8. The van der Waals surface area contributed by atoms with E-state index in [-0.39, 0.29) is 10.7 Å². The molecule has 5 atom stereocenters. The first kappa shape index (κ1) is 23.3. The van der Waals surface area contributed by atoms with Crippen molar-refractivity contribution in [1.29, 1.82) is 5.26 Å². The largest absolute Gasteiger partial charge is 0.394 e. The minimum absolute atomic E-state index is 0.114. The van der Waals surface area contributed by atoms with Gasteiger partial charge >= 0.3 is 0 Å². The van der Waals surface area contributed by atoms with Crippen LogP contribution in [0.1, 0.15) is 11.7 Å². The van der Waals surface area contributed by atoms with Gasteiger partial charge in [0.05, 0.1) is 17.8 Å². The van der Waals surface area contributed by atoms with Crippen LogP contribution in [-0.2, 0) is 9.47 Å². The molecule has 2 N–H and O–H groups in total. The number of halogens is 2. The average molecular weight is 515 g/mol. The Morgan fingerprint density at radius 3 is 2.88 bits per heavy atom. The van der Waals surface area contributed by atoms with Crippen LogP contribution in [0.4, 0.5) is 0 Å². The molecule has 0 bridgehead atoms. The molecule has 3 aromatic rings. The maximum Gasteiger partial charge on any atom is 0.159 e. The molecule has 1 saturated heterocycles. The molecule has 0 saturated carbocycles. The second-order valence-electron chi connectivity index (χ2n) is 6.70. The summed E-state index contributed by atoms with van der Waals surface area (Å²) >= 11 is 14.6. The molecule has 14 heteroatoms. The van der Waals surface area contributed by atoms with Crippen LogP contribution in [-0.4, -0.2) is 72.6 Å². The van der Waals surface area contributed by atoms with Gasteiger partial charge in [0.25, 0.3) is 0 Å². The fraction of sp³-hybridized carbons (Fsp3) is 0.389. The minimum Gasteiger partial charge on any atom is -0.394 e. The maximum absolute atomic E-state index is 10.9. The first-order valence-electron chi connectivity index (χ1n) is 9.17. The Labute approximate surface area is 200 Å².